The lowest BCUT2D eigenvalue weighted by Crippen LogP contribution is -2.37. The van der Waals surface area contributed by atoms with Crippen molar-refractivity contribution in [1.82, 2.24) is 19.8 Å². The number of rotatable bonds is 7. The van der Waals surface area contributed by atoms with Gasteiger partial charge in [-0.1, -0.05) is 25.6 Å². The van der Waals surface area contributed by atoms with Crippen molar-refractivity contribution in [1.29, 1.82) is 0 Å². The van der Waals surface area contributed by atoms with E-state index >= 15 is 0 Å². The van der Waals surface area contributed by atoms with Crippen LogP contribution in [0.1, 0.15) is 24.3 Å². The molecule has 0 radical (unpaired) electrons. The summed E-state index contributed by atoms with van der Waals surface area (Å²) in [6.07, 6.45) is 0. The minimum absolute atomic E-state index is 0.00444. The summed E-state index contributed by atoms with van der Waals surface area (Å²) in [6, 6.07) is 0. The lowest BCUT2D eigenvalue weighted by Gasteiger charge is -2.17. The van der Waals surface area contributed by atoms with Gasteiger partial charge in [-0.3, -0.25) is 19.0 Å². The second kappa shape index (κ2) is 8.88. The molecule has 0 spiro atoms. The first-order chi connectivity index (χ1) is 12.6. The summed E-state index contributed by atoms with van der Waals surface area (Å²) in [4.78, 5) is 44.6. The number of carbonyl (C=O) groups is 2. The van der Waals surface area contributed by atoms with E-state index in [9.17, 15) is 14.4 Å². The van der Waals surface area contributed by atoms with Gasteiger partial charge in [0.05, 0.1) is 17.7 Å². The summed E-state index contributed by atoms with van der Waals surface area (Å²) < 4.78 is 1.67. The largest absolute Gasteiger partial charge is 0.358 e. The van der Waals surface area contributed by atoms with Gasteiger partial charge < -0.3 is 10.2 Å². The molecule has 148 valence electrons. The minimum Gasteiger partial charge on any atom is -0.358 e. The first-order valence-electron chi connectivity index (χ1n) is 8.73. The van der Waals surface area contributed by atoms with E-state index in [1.54, 1.807) is 11.6 Å². The number of hydrogen-bond acceptors (Lipinski definition) is 6. The molecule has 2 aromatic rings. The molecule has 0 aromatic carbocycles. The smallest absolute Gasteiger partial charge is 0.263 e. The number of aromatic nitrogens is 2. The van der Waals surface area contributed by atoms with Crippen LogP contribution in [0.15, 0.2) is 9.95 Å². The first-order valence-corrected chi connectivity index (χ1v) is 10.5. The Hall–Kier alpha value is -1.87. The van der Waals surface area contributed by atoms with E-state index in [0.29, 0.717) is 21.9 Å². The molecule has 7 nitrogen and oxygen atoms in total. The molecule has 2 amide bonds. The molecular formula is C18H26N4O3S2. The fourth-order valence-electron chi connectivity index (χ4n) is 2.56. The second-order valence-electron chi connectivity index (χ2n) is 6.88. The number of amides is 2. The topological polar surface area (TPSA) is 84.3 Å². The van der Waals surface area contributed by atoms with Crippen molar-refractivity contribution in [3.8, 4) is 0 Å². The van der Waals surface area contributed by atoms with Gasteiger partial charge in [0.25, 0.3) is 5.56 Å². The quantitative estimate of drug-likeness (QED) is 0.558. The summed E-state index contributed by atoms with van der Waals surface area (Å²) in [5, 5.41) is 3.71. The Kier molecular flexibility index (Phi) is 7.05. The zero-order valence-electron chi connectivity index (χ0n) is 16.6. The Morgan fingerprint density at radius 1 is 1.33 bits per heavy atom. The summed E-state index contributed by atoms with van der Waals surface area (Å²) >= 11 is 2.74. The van der Waals surface area contributed by atoms with Crippen LogP contribution in [0.2, 0.25) is 0 Å². The molecule has 9 heteroatoms. The van der Waals surface area contributed by atoms with E-state index in [4.69, 9.17) is 0 Å². The molecule has 2 rings (SSSR count). The van der Waals surface area contributed by atoms with Gasteiger partial charge in [0, 0.05) is 25.5 Å². The molecule has 0 aliphatic rings. The van der Waals surface area contributed by atoms with Gasteiger partial charge in [-0.2, -0.15) is 0 Å². The molecule has 0 bridgehead atoms. The Morgan fingerprint density at radius 2 is 2.00 bits per heavy atom. The maximum Gasteiger partial charge on any atom is 0.263 e. The van der Waals surface area contributed by atoms with Gasteiger partial charge in [-0.15, -0.1) is 11.3 Å². The van der Waals surface area contributed by atoms with Crippen molar-refractivity contribution in [2.75, 3.05) is 26.4 Å². The average molecular weight is 411 g/mol. The Morgan fingerprint density at radius 3 is 2.59 bits per heavy atom. The lowest BCUT2D eigenvalue weighted by molar-refractivity contribution is -0.132. The summed E-state index contributed by atoms with van der Waals surface area (Å²) in [7, 11) is 3.12. The van der Waals surface area contributed by atoms with Crippen molar-refractivity contribution in [3.05, 3.63) is 20.8 Å². The summed E-state index contributed by atoms with van der Waals surface area (Å²) in [5.41, 5.74) is 0.923. The molecule has 27 heavy (non-hydrogen) atoms. The van der Waals surface area contributed by atoms with Gasteiger partial charge in [0.15, 0.2) is 5.16 Å². The molecule has 0 aliphatic heterocycles. The average Bonchev–Trinajstić information content (AvgIpc) is 2.89. The number of nitrogens with one attached hydrogen (secondary N) is 1. The van der Waals surface area contributed by atoms with Gasteiger partial charge in [0.2, 0.25) is 11.8 Å². The minimum atomic E-state index is -0.225. The first kappa shape index (κ1) is 21.4. The standard InChI is InChI=1S/C18H26N4O3S2/c1-10(2)7-22-17(25)15-11(3)12(4)27-16(15)20-18(22)26-9-14(24)21(6)8-13(23)19-5/h10H,7-9H2,1-6H3,(H,19,23). The fraction of sp³-hybridized carbons (Fsp3) is 0.556. The highest BCUT2D eigenvalue weighted by Crippen LogP contribution is 2.28. The molecule has 0 saturated heterocycles. The third-order valence-electron chi connectivity index (χ3n) is 4.21. The third-order valence-corrected chi connectivity index (χ3v) is 6.27. The van der Waals surface area contributed by atoms with Crippen molar-refractivity contribution in [2.45, 2.75) is 39.4 Å². The van der Waals surface area contributed by atoms with Crippen LogP contribution in [0.4, 0.5) is 0 Å². The molecule has 1 N–H and O–H groups in total. The van der Waals surface area contributed by atoms with E-state index in [1.807, 2.05) is 27.7 Å². The van der Waals surface area contributed by atoms with Crippen LogP contribution in [0, 0.1) is 19.8 Å². The number of nitrogens with zero attached hydrogens (tertiary/aromatic N) is 3. The number of hydrogen-bond donors (Lipinski definition) is 1. The molecule has 0 fully saturated rings. The normalized spacial score (nSPS) is 11.2. The Balaban J connectivity index is 2.32. The van der Waals surface area contributed by atoms with Crippen LogP contribution >= 0.6 is 23.1 Å². The summed E-state index contributed by atoms with van der Waals surface area (Å²) in [6.45, 7) is 8.56. The van der Waals surface area contributed by atoms with E-state index in [0.717, 1.165) is 10.4 Å². The number of thiophene rings is 1. The molecule has 0 aliphatic carbocycles. The number of thioether (sulfide) groups is 1. The van der Waals surface area contributed by atoms with Gasteiger partial charge in [-0.05, 0) is 25.3 Å². The zero-order valence-corrected chi connectivity index (χ0v) is 18.2. The van der Waals surface area contributed by atoms with Gasteiger partial charge in [-0.25, -0.2) is 4.98 Å². The van der Waals surface area contributed by atoms with Crippen LogP contribution in [-0.4, -0.2) is 52.7 Å². The maximum atomic E-state index is 13.0. The van der Waals surface area contributed by atoms with E-state index in [2.05, 4.69) is 10.3 Å². The molecule has 2 aromatic heterocycles. The van der Waals surface area contributed by atoms with Crippen LogP contribution in [0.5, 0.6) is 0 Å². The van der Waals surface area contributed by atoms with Crippen LogP contribution in [0.3, 0.4) is 0 Å². The maximum absolute atomic E-state index is 13.0. The van der Waals surface area contributed by atoms with Gasteiger partial charge >= 0.3 is 0 Å². The predicted molar refractivity (Wildman–Crippen MR) is 111 cm³/mol. The molecule has 2 heterocycles. The molecular weight excluding hydrogens is 384 g/mol. The van der Waals surface area contributed by atoms with E-state index in [1.165, 1.54) is 35.0 Å². The van der Waals surface area contributed by atoms with E-state index < -0.39 is 0 Å². The Bertz CT molecular complexity index is 917. The van der Waals surface area contributed by atoms with Crippen molar-refractivity contribution < 1.29 is 9.59 Å². The highest BCUT2D eigenvalue weighted by atomic mass is 32.2. The number of likely N-dealkylation sites (N-methyl/N-ethyl adjacent to an activating group) is 2. The highest BCUT2D eigenvalue weighted by Gasteiger charge is 2.19. The number of carbonyl (C=O) groups excluding carboxylic acids is 2. The third kappa shape index (κ3) is 4.90. The predicted octanol–water partition coefficient (Wildman–Crippen LogP) is 2.03. The van der Waals surface area contributed by atoms with Crippen LogP contribution in [0.25, 0.3) is 10.2 Å². The SMILES string of the molecule is CNC(=O)CN(C)C(=O)CSc1nc2sc(C)c(C)c2c(=O)n1CC(C)C. The fourth-order valence-corrected chi connectivity index (χ4v) is 4.58. The molecule has 0 unspecified atom stereocenters. The van der Waals surface area contributed by atoms with Gasteiger partial charge in [0.1, 0.15) is 4.83 Å². The molecule has 0 saturated carbocycles. The highest BCUT2D eigenvalue weighted by molar-refractivity contribution is 7.99. The van der Waals surface area contributed by atoms with Crippen LogP contribution < -0.4 is 10.9 Å². The van der Waals surface area contributed by atoms with E-state index in [-0.39, 0.29) is 35.6 Å². The number of aryl methyl sites for hydroxylation is 2. The Labute approximate surface area is 167 Å². The lowest BCUT2D eigenvalue weighted by atomic mass is 10.2. The monoisotopic (exact) mass is 410 g/mol. The van der Waals surface area contributed by atoms with Crippen molar-refractivity contribution in [2.24, 2.45) is 5.92 Å². The van der Waals surface area contributed by atoms with Crippen molar-refractivity contribution >= 4 is 45.1 Å². The summed E-state index contributed by atoms with van der Waals surface area (Å²) in [5.74, 6) is -0.0236. The molecule has 0 atom stereocenters. The zero-order chi connectivity index (χ0) is 20.3. The van der Waals surface area contributed by atoms with Crippen LogP contribution in [-0.2, 0) is 16.1 Å². The van der Waals surface area contributed by atoms with Crippen molar-refractivity contribution in [3.63, 3.8) is 0 Å². The second-order valence-corrected chi connectivity index (χ2v) is 9.02. The number of fused-ring (bicyclic) bond motifs is 1.